The number of nitrogens with two attached hydrogens (primary N) is 1. The smallest absolute Gasteiger partial charge is 0.213 e. The normalized spacial score (nSPS) is 13.4. The van der Waals surface area contributed by atoms with E-state index in [0.29, 0.717) is 13.2 Å². The summed E-state index contributed by atoms with van der Waals surface area (Å²) in [7, 11) is 0. The summed E-state index contributed by atoms with van der Waals surface area (Å²) < 4.78 is 10.2. The Morgan fingerprint density at radius 3 is 2.27 bits per heavy atom. The lowest BCUT2D eigenvalue weighted by molar-refractivity contribution is -0.138. The van der Waals surface area contributed by atoms with Crippen molar-refractivity contribution in [3.8, 4) is 0 Å². The minimum absolute atomic E-state index is 0.526. The van der Waals surface area contributed by atoms with Gasteiger partial charge in [-0.1, -0.05) is 20.3 Å². The van der Waals surface area contributed by atoms with E-state index in [9.17, 15) is 0 Å². The number of hydrogen-bond donors (Lipinski definition) is 1. The molecule has 0 rings (SSSR count). The molecular weight excluding hydrogens is 142 g/mol. The predicted molar refractivity (Wildman–Crippen MR) is 45.1 cm³/mol. The Balaban J connectivity index is 3.02. The van der Waals surface area contributed by atoms with Gasteiger partial charge >= 0.3 is 0 Å². The van der Waals surface area contributed by atoms with Crippen molar-refractivity contribution < 1.29 is 9.47 Å². The predicted octanol–water partition coefficient (Wildman–Crippen LogP) is 1.47. The topological polar surface area (TPSA) is 44.5 Å². The van der Waals surface area contributed by atoms with Crippen LogP contribution in [0.2, 0.25) is 0 Å². The lowest BCUT2D eigenvalue weighted by atomic mass is 10.4. The molecule has 3 heteroatoms. The summed E-state index contributed by atoms with van der Waals surface area (Å²) in [6, 6.07) is 0. The third-order valence-corrected chi connectivity index (χ3v) is 1.27. The van der Waals surface area contributed by atoms with E-state index in [2.05, 4.69) is 6.92 Å². The second kappa shape index (κ2) is 7.98. The molecule has 0 saturated heterocycles. The zero-order valence-corrected chi connectivity index (χ0v) is 7.51. The first kappa shape index (κ1) is 10.9. The highest BCUT2D eigenvalue weighted by atomic mass is 16.7. The zero-order valence-electron chi connectivity index (χ0n) is 7.51. The Kier molecular flexibility index (Phi) is 7.89. The highest BCUT2D eigenvalue weighted by Crippen LogP contribution is 1.92. The van der Waals surface area contributed by atoms with Crippen molar-refractivity contribution in [2.24, 2.45) is 5.73 Å². The number of unbranched alkanes of at least 4 members (excludes halogenated alkanes) is 1. The van der Waals surface area contributed by atoms with Crippen molar-refractivity contribution >= 4 is 0 Å². The average molecular weight is 161 g/mol. The minimum Gasteiger partial charge on any atom is -0.340 e. The van der Waals surface area contributed by atoms with Gasteiger partial charge in [-0.25, -0.2) is 0 Å². The van der Waals surface area contributed by atoms with Crippen molar-refractivity contribution in [2.45, 2.75) is 39.5 Å². The monoisotopic (exact) mass is 161 g/mol. The van der Waals surface area contributed by atoms with E-state index in [-0.39, 0.29) is 0 Å². The van der Waals surface area contributed by atoms with Crippen LogP contribution >= 0.6 is 0 Å². The Bertz CT molecular complexity index is 78.5. The van der Waals surface area contributed by atoms with Crippen molar-refractivity contribution in [3.05, 3.63) is 0 Å². The van der Waals surface area contributed by atoms with Gasteiger partial charge in [-0.15, -0.1) is 0 Å². The molecule has 1 unspecified atom stereocenters. The molecule has 0 aliphatic heterocycles. The van der Waals surface area contributed by atoms with E-state index in [0.717, 1.165) is 19.3 Å². The van der Waals surface area contributed by atoms with Crippen LogP contribution in [0, 0.1) is 0 Å². The van der Waals surface area contributed by atoms with Crippen LogP contribution in [0.1, 0.15) is 33.1 Å². The van der Waals surface area contributed by atoms with Crippen LogP contribution in [0.25, 0.3) is 0 Å². The molecule has 0 aliphatic carbocycles. The molecule has 1 atom stereocenters. The molecule has 0 aliphatic rings. The van der Waals surface area contributed by atoms with Crippen LogP contribution in [-0.4, -0.2) is 19.6 Å². The summed E-state index contributed by atoms with van der Waals surface area (Å²) in [4.78, 5) is 0. The molecule has 2 N–H and O–H groups in total. The van der Waals surface area contributed by atoms with E-state index in [4.69, 9.17) is 15.2 Å². The summed E-state index contributed by atoms with van der Waals surface area (Å²) in [6.07, 6.45) is 2.62. The molecule has 0 radical (unpaired) electrons. The fourth-order valence-electron chi connectivity index (χ4n) is 0.626. The molecule has 3 nitrogen and oxygen atoms in total. The Hall–Kier alpha value is -0.120. The van der Waals surface area contributed by atoms with Gasteiger partial charge < -0.3 is 9.47 Å². The fourth-order valence-corrected chi connectivity index (χ4v) is 0.626. The standard InChI is InChI=1S/C8H19NO2/c1-3-5-7-11-8(9)10-6-4-2/h8H,3-7,9H2,1-2H3. The lowest BCUT2D eigenvalue weighted by Crippen LogP contribution is -2.28. The molecule has 0 aromatic rings. The molecule has 0 spiro atoms. The number of hydrogen-bond acceptors (Lipinski definition) is 3. The first-order valence-corrected chi connectivity index (χ1v) is 4.30. The van der Waals surface area contributed by atoms with E-state index in [1.165, 1.54) is 0 Å². The van der Waals surface area contributed by atoms with Gasteiger partial charge in [0.25, 0.3) is 0 Å². The van der Waals surface area contributed by atoms with Crippen LogP contribution in [0.4, 0.5) is 0 Å². The van der Waals surface area contributed by atoms with Crippen LogP contribution < -0.4 is 5.73 Å². The molecule has 0 saturated carbocycles. The maximum Gasteiger partial charge on any atom is 0.213 e. The highest BCUT2D eigenvalue weighted by Gasteiger charge is 1.99. The van der Waals surface area contributed by atoms with Gasteiger partial charge in [0.15, 0.2) is 0 Å². The van der Waals surface area contributed by atoms with Crippen LogP contribution in [0.15, 0.2) is 0 Å². The van der Waals surface area contributed by atoms with Crippen LogP contribution in [0.5, 0.6) is 0 Å². The number of rotatable bonds is 7. The third-order valence-electron chi connectivity index (χ3n) is 1.27. The molecule has 0 aromatic carbocycles. The van der Waals surface area contributed by atoms with Crippen molar-refractivity contribution in [3.63, 3.8) is 0 Å². The molecule has 0 aromatic heterocycles. The van der Waals surface area contributed by atoms with Crippen LogP contribution in [-0.2, 0) is 9.47 Å². The summed E-state index contributed by atoms with van der Waals surface area (Å²) in [5.41, 5.74) is 5.46. The molecule has 0 fully saturated rings. The lowest BCUT2D eigenvalue weighted by Gasteiger charge is -2.12. The summed E-state index contributed by atoms with van der Waals surface area (Å²) in [5.74, 6) is 0. The van der Waals surface area contributed by atoms with E-state index < -0.39 is 6.41 Å². The average Bonchev–Trinajstić information content (AvgIpc) is 2.01. The largest absolute Gasteiger partial charge is 0.340 e. The second-order valence-electron chi connectivity index (χ2n) is 2.46. The third kappa shape index (κ3) is 7.78. The zero-order chi connectivity index (χ0) is 8.53. The summed E-state index contributed by atoms with van der Waals surface area (Å²) in [5, 5.41) is 0. The number of ether oxygens (including phenoxy) is 2. The first-order chi connectivity index (χ1) is 5.31. The summed E-state index contributed by atoms with van der Waals surface area (Å²) >= 11 is 0. The van der Waals surface area contributed by atoms with Crippen LogP contribution in [0.3, 0.4) is 0 Å². The second-order valence-corrected chi connectivity index (χ2v) is 2.46. The molecule has 0 bridgehead atoms. The maximum absolute atomic E-state index is 5.46. The van der Waals surface area contributed by atoms with Gasteiger partial charge in [0.05, 0.1) is 13.2 Å². The van der Waals surface area contributed by atoms with Gasteiger partial charge in [-0.3, -0.25) is 5.73 Å². The van der Waals surface area contributed by atoms with E-state index in [1.807, 2.05) is 6.92 Å². The van der Waals surface area contributed by atoms with E-state index in [1.54, 1.807) is 0 Å². The SMILES string of the molecule is CCCCOC(N)OCCC. The highest BCUT2D eigenvalue weighted by molar-refractivity contribution is 4.34. The minimum atomic E-state index is -0.526. The maximum atomic E-state index is 5.46. The molecule has 0 amide bonds. The van der Waals surface area contributed by atoms with E-state index >= 15 is 0 Å². The molecule has 68 valence electrons. The Labute approximate surface area is 68.9 Å². The summed E-state index contributed by atoms with van der Waals surface area (Å²) in [6.45, 7) is 5.52. The van der Waals surface area contributed by atoms with Gasteiger partial charge in [0.1, 0.15) is 0 Å². The van der Waals surface area contributed by atoms with Gasteiger partial charge in [-0.2, -0.15) is 0 Å². The van der Waals surface area contributed by atoms with Crippen molar-refractivity contribution in [1.29, 1.82) is 0 Å². The molecule has 0 heterocycles. The van der Waals surface area contributed by atoms with Crippen molar-refractivity contribution in [1.82, 2.24) is 0 Å². The van der Waals surface area contributed by atoms with Gasteiger partial charge in [-0.05, 0) is 12.8 Å². The van der Waals surface area contributed by atoms with Gasteiger partial charge in [0, 0.05) is 0 Å². The quantitative estimate of drug-likeness (QED) is 0.454. The first-order valence-electron chi connectivity index (χ1n) is 4.30. The fraction of sp³-hybridized carbons (Fsp3) is 1.00. The van der Waals surface area contributed by atoms with Gasteiger partial charge in [0.2, 0.25) is 6.41 Å². The molecular formula is C8H19NO2. The van der Waals surface area contributed by atoms with Crippen molar-refractivity contribution in [2.75, 3.05) is 13.2 Å². The molecule has 11 heavy (non-hydrogen) atoms. The Morgan fingerprint density at radius 2 is 1.73 bits per heavy atom. The Morgan fingerprint density at radius 1 is 1.09 bits per heavy atom.